The van der Waals surface area contributed by atoms with Crippen molar-refractivity contribution >= 4 is 0 Å². The molecule has 0 bridgehead atoms. The third-order valence-electron chi connectivity index (χ3n) is 6.20. The van der Waals surface area contributed by atoms with Crippen LogP contribution in [0.25, 0.3) is 0 Å². The predicted octanol–water partition coefficient (Wildman–Crippen LogP) is 0.342. The molecule has 0 fully saturated rings. The van der Waals surface area contributed by atoms with Gasteiger partial charge in [-0.05, 0) is 28.2 Å². The zero-order chi connectivity index (χ0) is 36.3. The molecule has 0 amide bonds. The van der Waals surface area contributed by atoms with Gasteiger partial charge in [0.25, 0.3) is 0 Å². The van der Waals surface area contributed by atoms with Gasteiger partial charge in [0.05, 0.1) is 185 Å². The van der Waals surface area contributed by atoms with Crippen LogP contribution < -0.4 is 0 Å². The van der Waals surface area contributed by atoms with Crippen LogP contribution in [0.3, 0.4) is 0 Å². The van der Waals surface area contributed by atoms with Gasteiger partial charge in [0.2, 0.25) is 0 Å². The quantitative estimate of drug-likeness (QED) is 0.0796. The van der Waals surface area contributed by atoms with Crippen LogP contribution in [0.4, 0.5) is 0 Å². The number of ether oxygens (including phenoxy) is 14. The Hall–Kier alpha value is -0.640. The Balaban J connectivity index is 3.05. The molecule has 0 heterocycles. The fourth-order valence-electron chi connectivity index (χ4n) is 3.46. The zero-order valence-electron chi connectivity index (χ0n) is 31.8. The standard InChI is InChI=1S/C34H72N2O14/c1-35(2)5-7-37-9-11-39-13-15-41-17-19-43-21-23-45-25-27-47-29-31-49-33-34-50-32-30-48-28-26-46-24-22-44-20-18-42-16-14-40-12-10-38-8-6-36(3)4/h5-34H2,1-4H3. The first-order chi connectivity index (χ1) is 24.6. The number of hydrogen-bond donors (Lipinski definition) is 0. The smallest absolute Gasteiger partial charge is 0.0701 e. The Labute approximate surface area is 302 Å². The summed E-state index contributed by atoms with van der Waals surface area (Å²) in [6.45, 7) is 17.1. The lowest BCUT2D eigenvalue weighted by atomic mass is 10.6. The summed E-state index contributed by atoms with van der Waals surface area (Å²) in [5, 5.41) is 0. The number of likely N-dealkylation sites (N-methyl/N-ethyl adjacent to an activating group) is 2. The van der Waals surface area contributed by atoms with E-state index in [1.54, 1.807) is 0 Å². The Kier molecular flexibility index (Phi) is 44.0. The maximum absolute atomic E-state index is 5.49. The summed E-state index contributed by atoms with van der Waals surface area (Å²) in [5.74, 6) is 0. The number of nitrogens with zero attached hydrogens (tertiary/aromatic N) is 2. The maximum Gasteiger partial charge on any atom is 0.0701 e. The minimum absolute atomic E-state index is 0.509. The van der Waals surface area contributed by atoms with E-state index >= 15 is 0 Å². The fraction of sp³-hybridized carbons (Fsp3) is 1.00. The van der Waals surface area contributed by atoms with Crippen molar-refractivity contribution < 1.29 is 66.3 Å². The second-order valence-corrected chi connectivity index (χ2v) is 11.2. The monoisotopic (exact) mass is 732 g/mol. The van der Waals surface area contributed by atoms with Crippen LogP contribution in [0.1, 0.15) is 0 Å². The molecule has 0 aliphatic carbocycles. The van der Waals surface area contributed by atoms with Gasteiger partial charge >= 0.3 is 0 Å². The van der Waals surface area contributed by atoms with Gasteiger partial charge in [-0.2, -0.15) is 0 Å². The molecule has 0 saturated heterocycles. The Morgan fingerprint density at radius 3 is 0.380 bits per heavy atom. The van der Waals surface area contributed by atoms with Crippen LogP contribution in [0.5, 0.6) is 0 Å². The van der Waals surface area contributed by atoms with E-state index in [0.29, 0.717) is 185 Å². The molecule has 0 saturated carbocycles. The van der Waals surface area contributed by atoms with Gasteiger partial charge in [-0.3, -0.25) is 0 Å². The van der Waals surface area contributed by atoms with Crippen molar-refractivity contribution in [2.24, 2.45) is 0 Å². The highest BCUT2D eigenvalue weighted by Gasteiger charge is 1.98. The van der Waals surface area contributed by atoms with Crippen LogP contribution in [-0.2, 0) is 66.3 Å². The Bertz CT molecular complexity index is 564. The van der Waals surface area contributed by atoms with Gasteiger partial charge in [-0.15, -0.1) is 0 Å². The second-order valence-electron chi connectivity index (χ2n) is 11.2. The third-order valence-corrected chi connectivity index (χ3v) is 6.20. The number of hydrogen-bond acceptors (Lipinski definition) is 16. The molecule has 302 valence electrons. The largest absolute Gasteiger partial charge is 0.378 e. The first-order valence-electron chi connectivity index (χ1n) is 18.0. The molecule has 0 aromatic rings. The third kappa shape index (κ3) is 47.4. The maximum atomic E-state index is 5.49. The normalized spacial score (nSPS) is 11.9. The van der Waals surface area contributed by atoms with Gasteiger partial charge < -0.3 is 76.1 Å². The lowest BCUT2D eigenvalue weighted by Crippen LogP contribution is -2.19. The summed E-state index contributed by atoms with van der Waals surface area (Å²) in [6.07, 6.45) is 0. The molecular weight excluding hydrogens is 660 g/mol. The van der Waals surface area contributed by atoms with E-state index in [2.05, 4.69) is 9.80 Å². The highest BCUT2D eigenvalue weighted by Crippen LogP contribution is 1.88. The molecule has 16 nitrogen and oxygen atoms in total. The van der Waals surface area contributed by atoms with Crippen LogP contribution in [0, 0.1) is 0 Å². The summed E-state index contributed by atoms with van der Waals surface area (Å²) in [4.78, 5) is 4.17. The lowest BCUT2D eigenvalue weighted by Gasteiger charge is -2.10. The molecule has 0 rings (SSSR count). The molecule has 0 aromatic heterocycles. The van der Waals surface area contributed by atoms with Crippen molar-refractivity contribution in [3.63, 3.8) is 0 Å². The summed E-state index contributed by atoms with van der Waals surface area (Å²) < 4.78 is 76.7. The van der Waals surface area contributed by atoms with Crippen molar-refractivity contribution in [1.82, 2.24) is 9.80 Å². The molecule has 0 atom stereocenters. The summed E-state index contributed by atoms with van der Waals surface area (Å²) in [7, 11) is 8.08. The van der Waals surface area contributed by atoms with Crippen molar-refractivity contribution in [1.29, 1.82) is 0 Å². The highest BCUT2D eigenvalue weighted by molar-refractivity contribution is 4.42. The number of rotatable bonds is 45. The van der Waals surface area contributed by atoms with E-state index in [0.717, 1.165) is 13.1 Å². The van der Waals surface area contributed by atoms with E-state index in [4.69, 9.17) is 66.3 Å². The molecule has 0 aromatic carbocycles. The van der Waals surface area contributed by atoms with Crippen molar-refractivity contribution in [2.45, 2.75) is 0 Å². The average Bonchev–Trinajstić information content (AvgIpc) is 3.10. The van der Waals surface area contributed by atoms with E-state index in [-0.39, 0.29) is 0 Å². The highest BCUT2D eigenvalue weighted by atomic mass is 16.6. The Morgan fingerprint density at radius 2 is 0.280 bits per heavy atom. The van der Waals surface area contributed by atoms with E-state index in [9.17, 15) is 0 Å². The fourth-order valence-corrected chi connectivity index (χ4v) is 3.46. The van der Waals surface area contributed by atoms with E-state index in [1.807, 2.05) is 28.2 Å². The first kappa shape index (κ1) is 49.4. The summed E-state index contributed by atoms with van der Waals surface area (Å²) in [5.41, 5.74) is 0. The average molecular weight is 733 g/mol. The lowest BCUT2D eigenvalue weighted by molar-refractivity contribution is -0.0296. The van der Waals surface area contributed by atoms with Crippen molar-refractivity contribution in [3.8, 4) is 0 Å². The minimum atomic E-state index is 0.509. The molecule has 0 aliphatic heterocycles. The van der Waals surface area contributed by atoms with Crippen LogP contribution in [0.15, 0.2) is 0 Å². The molecule has 0 radical (unpaired) electrons. The van der Waals surface area contributed by atoms with E-state index < -0.39 is 0 Å². The molecule has 0 spiro atoms. The summed E-state index contributed by atoms with van der Waals surface area (Å²) in [6, 6.07) is 0. The van der Waals surface area contributed by atoms with Crippen LogP contribution >= 0.6 is 0 Å². The minimum Gasteiger partial charge on any atom is -0.378 e. The molecule has 0 aliphatic rings. The predicted molar refractivity (Wildman–Crippen MR) is 189 cm³/mol. The van der Waals surface area contributed by atoms with Gasteiger partial charge in [0.1, 0.15) is 0 Å². The molecule has 0 unspecified atom stereocenters. The molecule has 16 heteroatoms. The Morgan fingerprint density at radius 1 is 0.180 bits per heavy atom. The second kappa shape index (κ2) is 44.5. The van der Waals surface area contributed by atoms with Crippen LogP contribution in [0.2, 0.25) is 0 Å². The van der Waals surface area contributed by atoms with Crippen molar-refractivity contribution in [2.75, 3.05) is 226 Å². The van der Waals surface area contributed by atoms with Gasteiger partial charge in [-0.25, -0.2) is 0 Å². The van der Waals surface area contributed by atoms with Gasteiger partial charge in [0.15, 0.2) is 0 Å². The summed E-state index contributed by atoms with van der Waals surface area (Å²) >= 11 is 0. The van der Waals surface area contributed by atoms with Crippen LogP contribution in [-0.4, -0.2) is 236 Å². The first-order valence-corrected chi connectivity index (χ1v) is 18.0. The van der Waals surface area contributed by atoms with Gasteiger partial charge in [0, 0.05) is 13.1 Å². The topological polar surface area (TPSA) is 136 Å². The van der Waals surface area contributed by atoms with Crippen molar-refractivity contribution in [3.05, 3.63) is 0 Å². The van der Waals surface area contributed by atoms with Gasteiger partial charge in [-0.1, -0.05) is 0 Å². The molecule has 50 heavy (non-hydrogen) atoms. The van der Waals surface area contributed by atoms with E-state index in [1.165, 1.54) is 0 Å². The SMILES string of the molecule is CN(C)CCOCCOCCOCCOCCOCCOCCOCCOCCOCCOCCOCCOCCOCCOCCN(C)C. The molecular formula is C34H72N2O14. The molecule has 0 N–H and O–H groups in total. The zero-order valence-corrected chi connectivity index (χ0v) is 31.8.